The van der Waals surface area contributed by atoms with Crippen LogP contribution in [0.1, 0.15) is 34.0 Å². The first kappa shape index (κ1) is 17.5. The summed E-state index contributed by atoms with van der Waals surface area (Å²) in [6.07, 6.45) is -3.74. The molecule has 3 heterocycles. The van der Waals surface area contributed by atoms with Gasteiger partial charge in [-0.25, -0.2) is 9.78 Å². The van der Waals surface area contributed by atoms with Crippen molar-refractivity contribution in [1.29, 1.82) is 0 Å². The first-order valence-electron chi connectivity index (χ1n) is 7.38. The third-order valence-corrected chi connectivity index (χ3v) is 4.72. The van der Waals surface area contributed by atoms with Crippen molar-refractivity contribution in [2.24, 2.45) is 0 Å². The molecule has 0 bridgehead atoms. The average molecular weight is 372 g/mol. The summed E-state index contributed by atoms with van der Waals surface area (Å²) in [7, 11) is 0. The van der Waals surface area contributed by atoms with Crippen LogP contribution in [0.25, 0.3) is 0 Å². The number of pyridine rings is 1. The molecular formula is C16H15F3N2O3S. The summed E-state index contributed by atoms with van der Waals surface area (Å²) in [6.45, 7) is 4.27. The summed E-state index contributed by atoms with van der Waals surface area (Å²) in [5.41, 5.74) is -1.23. The summed E-state index contributed by atoms with van der Waals surface area (Å²) in [6, 6.07) is 4.17. The van der Waals surface area contributed by atoms with E-state index in [1.807, 2.05) is 13.8 Å². The van der Waals surface area contributed by atoms with Crippen molar-refractivity contribution < 1.29 is 27.8 Å². The van der Waals surface area contributed by atoms with Crippen LogP contribution in [0, 0.1) is 0 Å². The number of aromatic nitrogens is 1. The van der Waals surface area contributed by atoms with Crippen LogP contribution >= 0.6 is 11.3 Å². The van der Waals surface area contributed by atoms with Crippen molar-refractivity contribution in [3.63, 3.8) is 0 Å². The van der Waals surface area contributed by atoms with Gasteiger partial charge < -0.3 is 14.7 Å². The maximum absolute atomic E-state index is 13.0. The normalized spacial score (nSPS) is 16.3. The number of alkyl halides is 3. The van der Waals surface area contributed by atoms with E-state index in [4.69, 9.17) is 9.84 Å². The van der Waals surface area contributed by atoms with Gasteiger partial charge in [0.25, 0.3) is 0 Å². The Kier molecular flexibility index (Phi) is 4.14. The number of halogens is 3. The van der Waals surface area contributed by atoms with E-state index in [-0.39, 0.29) is 23.0 Å². The highest BCUT2D eigenvalue weighted by atomic mass is 32.1. The van der Waals surface area contributed by atoms with Crippen molar-refractivity contribution in [3.8, 4) is 5.88 Å². The summed E-state index contributed by atoms with van der Waals surface area (Å²) in [5, 5.41) is 9.01. The van der Waals surface area contributed by atoms with Gasteiger partial charge in [0.15, 0.2) is 0 Å². The van der Waals surface area contributed by atoms with Gasteiger partial charge in [0, 0.05) is 11.1 Å². The first-order chi connectivity index (χ1) is 11.5. The van der Waals surface area contributed by atoms with Gasteiger partial charge >= 0.3 is 12.1 Å². The highest BCUT2D eigenvalue weighted by Gasteiger charge is 2.37. The number of carboxylic acids is 1. The van der Waals surface area contributed by atoms with Crippen molar-refractivity contribution in [3.05, 3.63) is 39.7 Å². The number of hydrogen-bond acceptors (Lipinski definition) is 5. The van der Waals surface area contributed by atoms with Gasteiger partial charge in [0.2, 0.25) is 5.88 Å². The van der Waals surface area contributed by atoms with Crippen molar-refractivity contribution in [2.75, 3.05) is 11.4 Å². The smallest absolute Gasteiger partial charge is 0.417 e. The minimum Gasteiger partial charge on any atom is -0.477 e. The van der Waals surface area contributed by atoms with Crippen LogP contribution in [0.3, 0.4) is 0 Å². The van der Waals surface area contributed by atoms with Crippen LogP contribution in [0.4, 0.5) is 18.9 Å². The lowest BCUT2D eigenvalue weighted by molar-refractivity contribution is -0.137. The molecule has 2 aromatic rings. The van der Waals surface area contributed by atoms with E-state index in [1.54, 1.807) is 11.0 Å². The maximum Gasteiger partial charge on any atom is 0.417 e. The van der Waals surface area contributed by atoms with Crippen LogP contribution in [-0.4, -0.2) is 28.2 Å². The van der Waals surface area contributed by atoms with E-state index in [1.165, 1.54) is 6.07 Å². The molecule has 1 N–H and O–H groups in total. The highest BCUT2D eigenvalue weighted by molar-refractivity contribution is 7.13. The topological polar surface area (TPSA) is 62.7 Å². The standard InChI is InChI=1S/C16H15F3N2O3S/c1-15(2)8-21(7-10-3-4-12(25-10)14(22)23)11-5-9(16(17,18)19)6-20-13(11)24-15/h3-6H,7-8H2,1-2H3,(H,22,23). The molecule has 9 heteroatoms. The Morgan fingerprint density at radius 3 is 2.76 bits per heavy atom. The Morgan fingerprint density at radius 2 is 2.16 bits per heavy atom. The summed E-state index contributed by atoms with van der Waals surface area (Å²) in [4.78, 5) is 17.5. The predicted octanol–water partition coefficient (Wildman–Crippen LogP) is 4.04. The van der Waals surface area contributed by atoms with E-state index in [9.17, 15) is 18.0 Å². The van der Waals surface area contributed by atoms with Gasteiger partial charge in [-0.2, -0.15) is 13.2 Å². The van der Waals surface area contributed by atoms with Crippen LogP contribution in [0.5, 0.6) is 5.88 Å². The van der Waals surface area contributed by atoms with E-state index in [0.29, 0.717) is 6.54 Å². The molecule has 0 aliphatic carbocycles. The maximum atomic E-state index is 13.0. The molecule has 0 spiro atoms. The van der Waals surface area contributed by atoms with Crippen molar-refractivity contribution in [2.45, 2.75) is 32.2 Å². The molecule has 0 saturated heterocycles. The first-order valence-corrected chi connectivity index (χ1v) is 8.20. The van der Waals surface area contributed by atoms with Gasteiger partial charge in [0.05, 0.1) is 18.7 Å². The fourth-order valence-electron chi connectivity index (χ4n) is 2.65. The Labute approximate surface area is 145 Å². The van der Waals surface area contributed by atoms with Crippen LogP contribution in [-0.2, 0) is 12.7 Å². The van der Waals surface area contributed by atoms with Gasteiger partial charge in [-0.15, -0.1) is 11.3 Å². The molecule has 0 aromatic carbocycles. The number of nitrogens with zero attached hydrogens (tertiary/aromatic N) is 2. The lowest BCUT2D eigenvalue weighted by Crippen LogP contribution is -2.46. The van der Waals surface area contributed by atoms with E-state index in [0.717, 1.165) is 28.5 Å². The van der Waals surface area contributed by atoms with E-state index >= 15 is 0 Å². The largest absolute Gasteiger partial charge is 0.477 e. The molecule has 0 saturated carbocycles. The second kappa shape index (κ2) is 5.91. The number of anilines is 1. The summed E-state index contributed by atoms with van der Waals surface area (Å²) in [5.74, 6) is -0.890. The lowest BCUT2D eigenvalue weighted by atomic mass is 10.1. The fraction of sp³-hybridized carbons (Fsp3) is 0.375. The quantitative estimate of drug-likeness (QED) is 0.881. The minimum absolute atomic E-state index is 0.138. The SMILES string of the molecule is CC1(C)CN(Cc2ccc(C(=O)O)s2)c2cc(C(F)(F)F)cnc2O1. The van der Waals surface area contributed by atoms with E-state index in [2.05, 4.69) is 4.98 Å². The highest BCUT2D eigenvalue weighted by Crippen LogP contribution is 2.40. The molecule has 25 heavy (non-hydrogen) atoms. The third kappa shape index (κ3) is 3.71. The predicted molar refractivity (Wildman–Crippen MR) is 86.3 cm³/mol. The molecule has 134 valence electrons. The Hall–Kier alpha value is -2.29. The number of ether oxygens (including phenoxy) is 1. The second-order valence-electron chi connectivity index (χ2n) is 6.33. The zero-order valence-electron chi connectivity index (χ0n) is 13.4. The Bertz CT molecular complexity index is 817. The Morgan fingerprint density at radius 1 is 1.44 bits per heavy atom. The number of aromatic carboxylic acids is 1. The number of carboxylic acid groups (broad SMARTS) is 1. The Balaban J connectivity index is 1.97. The molecular weight excluding hydrogens is 357 g/mol. The minimum atomic E-state index is -4.50. The molecule has 1 aliphatic rings. The number of rotatable bonds is 3. The molecule has 0 amide bonds. The number of carbonyl (C=O) groups is 1. The number of hydrogen-bond donors (Lipinski definition) is 1. The molecule has 5 nitrogen and oxygen atoms in total. The molecule has 3 rings (SSSR count). The molecule has 0 radical (unpaired) electrons. The monoisotopic (exact) mass is 372 g/mol. The second-order valence-corrected chi connectivity index (χ2v) is 7.50. The van der Waals surface area contributed by atoms with Gasteiger partial charge in [-0.1, -0.05) is 0 Å². The number of fused-ring (bicyclic) bond motifs is 1. The molecule has 0 fully saturated rings. The van der Waals surface area contributed by atoms with Crippen LogP contribution < -0.4 is 9.64 Å². The average Bonchev–Trinajstić information content (AvgIpc) is 2.93. The van der Waals surface area contributed by atoms with Crippen LogP contribution in [0.2, 0.25) is 0 Å². The lowest BCUT2D eigenvalue weighted by Gasteiger charge is -2.40. The summed E-state index contributed by atoms with van der Waals surface area (Å²) < 4.78 is 44.7. The van der Waals surface area contributed by atoms with E-state index < -0.39 is 23.3 Å². The van der Waals surface area contributed by atoms with Gasteiger partial charge in [-0.05, 0) is 32.0 Å². The zero-order valence-corrected chi connectivity index (χ0v) is 14.2. The molecule has 0 unspecified atom stereocenters. The van der Waals surface area contributed by atoms with Crippen molar-refractivity contribution >= 4 is 23.0 Å². The molecule has 0 atom stereocenters. The van der Waals surface area contributed by atoms with Gasteiger partial charge in [0.1, 0.15) is 16.2 Å². The van der Waals surface area contributed by atoms with Gasteiger partial charge in [-0.3, -0.25) is 0 Å². The number of thiophene rings is 1. The van der Waals surface area contributed by atoms with Crippen LogP contribution in [0.15, 0.2) is 24.4 Å². The zero-order chi connectivity index (χ0) is 18.4. The summed E-state index contributed by atoms with van der Waals surface area (Å²) >= 11 is 1.09. The molecule has 2 aromatic heterocycles. The fourth-order valence-corrected chi connectivity index (χ4v) is 3.51. The molecule has 1 aliphatic heterocycles. The van der Waals surface area contributed by atoms with Crippen molar-refractivity contribution in [1.82, 2.24) is 4.98 Å². The third-order valence-electron chi connectivity index (χ3n) is 3.66.